The Kier molecular flexibility index (Phi) is 45.7. The molecule has 0 N–H and O–H groups in total. The summed E-state index contributed by atoms with van der Waals surface area (Å²) in [5, 5.41) is -2.06. The third kappa shape index (κ3) is 38.6. The largest absolute Gasteiger partial charge is 1.00 e. The smallest absolute Gasteiger partial charge is 0.747 e. The molecule has 0 aromatic carbocycles. The van der Waals surface area contributed by atoms with Crippen LogP contribution in [0.1, 0.15) is 202 Å². The minimum absolute atomic E-state index is 0. The van der Waals surface area contributed by atoms with E-state index in [1.54, 1.807) is 0 Å². The van der Waals surface area contributed by atoms with Gasteiger partial charge in [-0.05, 0) is 37.5 Å². The van der Waals surface area contributed by atoms with Crippen molar-refractivity contribution in [3.05, 3.63) is 0 Å². The molecule has 0 aromatic rings. The average Bonchev–Trinajstić information content (AvgIpc) is 3.10. The molecule has 0 amide bonds. The normalized spacial score (nSPS) is 13.0. The summed E-state index contributed by atoms with van der Waals surface area (Å²) >= 11 is 0. The topological polar surface area (TPSA) is 110 Å². The van der Waals surface area contributed by atoms with Crippen LogP contribution in [0, 0.1) is 11.8 Å². The molecule has 3 atom stereocenters. The van der Waals surface area contributed by atoms with Gasteiger partial charge in [0.15, 0.2) is 5.25 Å². The molecular weight excluding hydrogens is 712 g/mol. The molecule has 0 bridgehead atoms. The van der Waals surface area contributed by atoms with Crippen LogP contribution in [-0.2, 0) is 29.2 Å². The zero-order valence-corrected chi connectivity index (χ0v) is 38.8. The molecule has 0 spiro atoms. The molecular formula is C40H79NaO7S3. The summed E-state index contributed by atoms with van der Waals surface area (Å²) in [6.45, 7) is 12.9. The number of carbonyl (C=O) groups excluding carboxylic acids is 2. The van der Waals surface area contributed by atoms with E-state index in [1.165, 1.54) is 114 Å². The average molecular weight is 791 g/mol. The van der Waals surface area contributed by atoms with Crippen molar-refractivity contribution < 1.29 is 61.6 Å². The fourth-order valence-corrected chi connectivity index (χ4v) is 8.46. The summed E-state index contributed by atoms with van der Waals surface area (Å²) in [6, 6.07) is 0. The Hall–Kier alpha value is 0.550. The monoisotopic (exact) mass is 790 g/mol. The quantitative estimate of drug-likeness (QED) is 0.0204. The molecule has 0 fully saturated rings. The molecule has 300 valence electrons. The van der Waals surface area contributed by atoms with E-state index in [1.807, 2.05) is 13.8 Å². The SMILES string of the molecule is CCCCC(CC)COC(=O)CC(C(=O)OCC(CC)CCCC)S(=O)(=O)[O-].CCCCCCCCCCSSCCCCCCCCCC.[Na+]. The van der Waals surface area contributed by atoms with Gasteiger partial charge in [-0.2, -0.15) is 0 Å². The van der Waals surface area contributed by atoms with Gasteiger partial charge in [-0.3, -0.25) is 9.59 Å². The number of ether oxygens (including phenoxy) is 2. The molecule has 7 nitrogen and oxygen atoms in total. The number of hydrogen-bond donors (Lipinski definition) is 0. The minimum Gasteiger partial charge on any atom is -0.747 e. The van der Waals surface area contributed by atoms with Crippen molar-refractivity contribution in [3.63, 3.8) is 0 Å². The first-order valence-corrected chi connectivity index (χ1v) is 24.6. The van der Waals surface area contributed by atoms with E-state index in [0.717, 1.165) is 51.4 Å². The number of unbranched alkanes of at least 4 members (excludes halogenated alkanes) is 16. The molecule has 0 aliphatic heterocycles. The first kappa shape index (κ1) is 55.9. The van der Waals surface area contributed by atoms with Gasteiger partial charge in [0.2, 0.25) is 0 Å². The van der Waals surface area contributed by atoms with Gasteiger partial charge in [0.1, 0.15) is 10.1 Å². The van der Waals surface area contributed by atoms with Crippen LogP contribution in [0.2, 0.25) is 0 Å². The van der Waals surface area contributed by atoms with Crippen LogP contribution in [0.4, 0.5) is 0 Å². The third-order valence-electron chi connectivity index (χ3n) is 9.24. The van der Waals surface area contributed by atoms with Crippen LogP contribution in [0.25, 0.3) is 0 Å². The molecule has 3 unspecified atom stereocenters. The van der Waals surface area contributed by atoms with Crippen molar-refractivity contribution >= 4 is 43.6 Å². The maximum atomic E-state index is 12.1. The Balaban J connectivity index is -0.000000911. The summed E-state index contributed by atoms with van der Waals surface area (Å²) in [5.41, 5.74) is 0. The zero-order valence-electron chi connectivity index (χ0n) is 34.3. The van der Waals surface area contributed by atoms with Gasteiger partial charge in [0.25, 0.3) is 0 Å². The van der Waals surface area contributed by atoms with E-state index in [2.05, 4.69) is 49.3 Å². The Morgan fingerprint density at radius 3 is 1.25 bits per heavy atom. The van der Waals surface area contributed by atoms with Crippen LogP contribution in [-0.4, -0.2) is 54.9 Å². The second kappa shape index (κ2) is 41.7. The van der Waals surface area contributed by atoms with Gasteiger partial charge in [-0.1, -0.05) is 192 Å². The summed E-state index contributed by atoms with van der Waals surface area (Å²) in [4.78, 5) is 24.1. The van der Waals surface area contributed by atoms with E-state index in [0.29, 0.717) is 0 Å². The molecule has 0 rings (SSSR count). The fraction of sp³-hybridized carbons (Fsp3) is 0.950. The predicted molar refractivity (Wildman–Crippen MR) is 217 cm³/mol. The zero-order chi connectivity index (χ0) is 37.7. The molecule has 0 aromatic heterocycles. The van der Waals surface area contributed by atoms with Crippen molar-refractivity contribution in [2.24, 2.45) is 11.8 Å². The second-order valence-electron chi connectivity index (χ2n) is 13.9. The first-order valence-electron chi connectivity index (χ1n) is 20.6. The van der Waals surface area contributed by atoms with Gasteiger partial charge in [-0.15, -0.1) is 0 Å². The standard InChI is InChI=1S/C20H38O7S.C20H42S2.Na/c1-5-9-11-16(7-3)14-26-19(21)13-18(28(23,24)25)20(22)27-15-17(8-4)12-10-6-2;1-3-5-7-9-11-13-15-17-19-21-22-20-18-16-14-12-10-8-6-4-2;/h16-18H,5-15H2,1-4H3,(H,23,24,25);3-20H2,1-2H3;/q;;+1/p-1. The van der Waals surface area contributed by atoms with Gasteiger partial charge in [-0.25, -0.2) is 8.42 Å². The van der Waals surface area contributed by atoms with Gasteiger partial charge >= 0.3 is 41.5 Å². The third-order valence-corrected chi connectivity index (χ3v) is 12.9. The van der Waals surface area contributed by atoms with E-state index in [4.69, 9.17) is 9.47 Å². The van der Waals surface area contributed by atoms with Crippen molar-refractivity contribution in [2.45, 2.75) is 207 Å². The van der Waals surface area contributed by atoms with Crippen molar-refractivity contribution in [2.75, 3.05) is 24.7 Å². The Morgan fingerprint density at radius 2 is 0.902 bits per heavy atom. The minimum atomic E-state index is -5.01. The van der Waals surface area contributed by atoms with Crippen molar-refractivity contribution in [1.29, 1.82) is 0 Å². The Bertz CT molecular complexity index is 841. The van der Waals surface area contributed by atoms with E-state index < -0.39 is 33.7 Å². The molecule has 0 radical (unpaired) electrons. The van der Waals surface area contributed by atoms with Gasteiger partial charge in [0, 0.05) is 11.5 Å². The number of esters is 2. The summed E-state index contributed by atoms with van der Waals surface area (Å²) < 4.78 is 44.6. The van der Waals surface area contributed by atoms with Crippen LogP contribution in [0.15, 0.2) is 0 Å². The fourth-order valence-electron chi connectivity index (χ4n) is 5.52. The number of hydrogen-bond acceptors (Lipinski definition) is 9. The summed E-state index contributed by atoms with van der Waals surface area (Å²) in [6.07, 6.45) is 29.7. The number of carbonyl (C=O) groups is 2. The van der Waals surface area contributed by atoms with Crippen molar-refractivity contribution in [1.82, 2.24) is 0 Å². The summed E-state index contributed by atoms with van der Waals surface area (Å²) in [7, 11) is -0.781. The maximum absolute atomic E-state index is 12.1. The van der Waals surface area contributed by atoms with Crippen LogP contribution in [0.5, 0.6) is 0 Å². The molecule has 0 saturated heterocycles. The summed E-state index contributed by atoms with van der Waals surface area (Å²) in [5.74, 6) is 0.999. The Morgan fingerprint density at radius 1 is 0.549 bits per heavy atom. The Labute approximate surface area is 346 Å². The maximum Gasteiger partial charge on any atom is 1.00 e. The van der Waals surface area contributed by atoms with Crippen LogP contribution < -0.4 is 29.6 Å². The van der Waals surface area contributed by atoms with Crippen LogP contribution >= 0.6 is 21.6 Å². The molecule has 0 aliphatic rings. The first-order chi connectivity index (χ1) is 24.1. The predicted octanol–water partition coefficient (Wildman–Crippen LogP) is 9.46. The van der Waals surface area contributed by atoms with E-state index >= 15 is 0 Å². The van der Waals surface area contributed by atoms with E-state index in [9.17, 15) is 22.6 Å². The van der Waals surface area contributed by atoms with Gasteiger partial charge in [0.05, 0.1) is 19.6 Å². The van der Waals surface area contributed by atoms with Crippen molar-refractivity contribution in [3.8, 4) is 0 Å². The molecule has 0 saturated carbocycles. The molecule has 0 aliphatic carbocycles. The molecule has 11 heteroatoms. The van der Waals surface area contributed by atoms with E-state index in [-0.39, 0.29) is 54.6 Å². The van der Waals surface area contributed by atoms with Gasteiger partial charge < -0.3 is 14.0 Å². The number of rotatable bonds is 35. The second-order valence-corrected chi connectivity index (χ2v) is 18.2. The molecule has 0 heterocycles. The van der Waals surface area contributed by atoms with Crippen LogP contribution in [0.3, 0.4) is 0 Å². The molecule has 51 heavy (non-hydrogen) atoms.